The van der Waals surface area contributed by atoms with Gasteiger partial charge in [0.1, 0.15) is 0 Å². The van der Waals surface area contributed by atoms with Crippen LogP contribution in [0.4, 0.5) is 0 Å². The molecule has 1 aromatic rings. The van der Waals surface area contributed by atoms with E-state index in [1.54, 1.807) is 12.4 Å². The summed E-state index contributed by atoms with van der Waals surface area (Å²) in [6.45, 7) is 0.354. The van der Waals surface area contributed by atoms with E-state index in [0.717, 1.165) is 42.4 Å². The number of imide groups is 1. The SMILES string of the molecule is O=C1C2=C(CCCC2)C(=O)N1Cc1ccncc1. The van der Waals surface area contributed by atoms with E-state index in [9.17, 15) is 9.59 Å². The van der Waals surface area contributed by atoms with Crippen LogP contribution in [0.2, 0.25) is 0 Å². The molecule has 1 aliphatic carbocycles. The van der Waals surface area contributed by atoms with Crippen LogP contribution in [0.15, 0.2) is 35.7 Å². The van der Waals surface area contributed by atoms with Gasteiger partial charge in [-0.2, -0.15) is 0 Å². The summed E-state index contributed by atoms with van der Waals surface area (Å²) in [5.41, 5.74) is 2.44. The number of hydrogen-bond acceptors (Lipinski definition) is 3. The predicted octanol–water partition coefficient (Wildman–Crippen LogP) is 1.82. The number of carbonyl (C=O) groups is 2. The molecule has 0 saturated carbocycles. The fourth-order valence-corrected chi connectivity index (χ4v) is 2.61. The number of pyridine rings is 1. The van der Waals surface area contributed by atoms with Crippen LogP contribution in [0, 0.1) is 0 Å². The van der Waals surface area contributed by atoms with Gasteiger partial charge in [-0.15, -0.1) is 0 Å². The largest absolute Gasteiger partial charge is 0.270 e. The molecular formula is C14H14N2O2. The maximum atomic E-state index is 12.2. The van der Waals surface area contributed by atoms with Gasteiger partial charge in [-0.25, -0.2) is 0 Å². The third-order valence-electron chi connectivity index (χ3n) is 3.56. The normalized spacial score (nSPS) is 19.4. The number of amides is 2. The van der Waals surface area contributed by atoms with Crippen molar-refractivity contribution < 1.29 is 9.59 Å². The molecule has 2 heterocycles. The van der Waals surface area contributed by atoms with Crippen LogP contribution < -0.4 is 0 Å². The zero-order valence-electron chi connectivity index (χ0n) is 10.1. The summed E-state index contributed by atoms with van der Waals surface area (Å²) in [5.74, 6) is -0.182. The molecule has 2 amide bonds. The van der Waals surface area contributed by atoms with Crippen LogP contribution >= 0.6 is 0 Å². The molecule has 92 valence electrons. The quantitative estimate of drug-likeness (QED) is 0.743. The Kier molecular flexibility index (Phi) is 2.70. The molecule has 0 radical (unpaired) electrons. The third kappa shape index (κ3) is 1.74. The fourth-order valence-electron chi connectivity index (χ4n) is 2.61. The topological polar surface area (TPSA) is 50.3 Å². The van der Waals surface area contributed by atoms with E-state index in [1.165, 1.54) is 4.90 Å². The van der Waals surface area contributed by atoms with Crippen molar-refractivity contribution in [3.05, 3.63) is 41.2 Å². The van der Waals surface area contributed by atoms with Crippen molar-refractivity contribution in [3.63, 3.8) is 0 Å². The first-order valence-electron chi connectivity index (χ1n) is 6.24. The van der Waals surface area contributed by atoms with Crippen molar-refractivity contribution in [2.75, 3.05) is 0 Å². The fraction of sp³-hybridized carbons (Fsp3) is 0.357. The van der Waals surface area contributed by atoms with Crippen LogP contribution in [-0.2, 0) is 16.1 Å². The Morgan fingerprint density at radius 1 is 1.00 bits per heavy atom. The molecule has 0 atom stereocenters. The van der Waals surface area contributed by atoms with E-state index in [1.807, 2.05) is 12.1 Å². The molecule has 0 aromatic carbocycles. The number of hydrogen-bond donors (Lipinski definition) is 0. The molecule has 0 fully saturated rings. The molecule has 4 nitrogen and oxygen atoms in total. The van der Waals surface area contributed by atoms with Crippen LogP contribution in [0.25, 0.3) is 0 Å². The highest BCUT2D eigenvalue weighted by molar-refractivity contribution is 6.19. The smallest absolute Gasteiger partial charge is 0.257 e. The lowest BCUT2D eigenvalue weighted by Crippen LogP contribution is -2.31. The second-order valence-electron chi connectivity index (χ2n) is 4.72. The third-order valence-corrected chi connectivity index (χ3v) is 3.56. The predicted molar refractivity (Wildman–Crippen MR) is 65.3 cm³/mol. The standard InChI is InChI=1S/C14H14N2O2/c17-13-11-3-1-2-4-12(11)14(18)16(13)9-10-5-7-15-8-6-10/h5-8H,1-4,9H2. The van der Waals surface area contributed by atoms with Gasteiger partial charge in [-0.3, -0.25) is 19.5 Å². The first-order chi connectivity index (χ1) is 8.77. The van der Waals surface area contributed by atoms with Gasteiger partial charge in [-0.1, -0.05) is 0 Å². The first-order valence-corrected chi connectivity index (χ1v) is 6.24. The van der Waals surface area contributed by atoms with Crippen LogP contribution in [0.1, 0.15) is 31.2 Å². The van der Waals surface area contributed by atoms with Crippen molar-refractivity contribution in [2.24, 2.45) is 0 Å². The molecule has 1 aromatic heterocycles. The summed E-state index contributed by atoms with van der Waals surface area (Å²) in [4.78, 5) is 29.7. The Balaban J connectivity index is 1.84. The average molecular weight is 242 g/mol. The zero-order chi connectivity index (χ0) is 12.5. The minimum absolute atomic E-state index is 0.0912. The molecular weight excluding hydrogens is 228 g/mol. The molecule has 3 rings (SSSR count). The van der Waals surface area contributed by atoms with Gasteiger partial charge in [-0.05, 0) is 43.4 Å². The lowest BCUT2D eigenvalue weighted by Gasteiger charge is -2.14. The minimum atomic E-state index is -0.0912. The van der Waals surface area contributed by atoms with E-state index in [4.69, 9.17) is 0 Å². The van der Waals surface area contributed by atoms with Crippen molar-refractivity contribution in [2.45, 2.75) is 32.2 Å². The maximum Gasteiger partial charge on any atom is 0.257 e. The Morgan fingerprint density at radius 2 is 1.56 bits per heavy atom. The summed E-state index contributed by atoms with van der Waals surface area (Å²) in [6.07, 6.45) is 6.89. The van der Waals surface area contributed by atoms with Gasteiger partial charge in [0.05, 0.1) is 6.54 Å². The maximum absolute atomic E-state index is 12.2. The molecule has 0 N–H and O–H groups in total. The monoisotopic (exact) mass is 242 g/mol. The number of rotatable bonds is 2. The van der Waals surface area contributed by atoms with E-state index >= 15 is 0 Å². The lowest BCUT2D eigenvalue weighted by atomic mass is 9.93. The van der Waals surface area contributed by atoms with Gasteiger partial charge in [0.2, 0.25) is 0 Å². The summed E-state index contributed by atoms with van der Waals surface area (Å²) < 4.78 is 0. The summed E-state index contributed by atoms with van der Waals surface area (Å²) in [5, 5.41) is 0. The van der Waals surface area contributed by atoms with Crippen molar-refractivity contribution in [1.82, 2.24) is 9.88 Å². The van der Waals surface area contributed by atoms with Gasteiger partial charge in [0.25, 0.3) is 11.8 Å². The molecule has 1 aliphatic heterocycles. The highest BCUT2D eigenvalue weighted by Crippen LogP contribution is 2.33. The molecule has 0 bridgehead atoms. The number of aromatic nitrogens is 1. The minimum Gasteiger partial charge on any atom is -0.270 e. The molecule has 2 aliphatic rings. The molecule has 4 heteroatoms. The van der Waals surface area contributed by atoms with Crippen LogP contribution in [0.5, 0.6) is 0 Å². The number of nitrogens with zero attached hydrogens (tertiary/aromatic N) is 2. The Morgan fingerprint density at radius 3 is 2.11 bits per heavy atom. The average Bonchev–Trinajstić information content (AvgIpc) is 2.66. The van der Waals surface area contributed by atoms with Crippen LogP contribution in [0.3, 0.4) is 0 Å². The van der Waals surface area contributed by atoms with Crippen molar-refractivity contribution >= 4 is 11.8 Å². The van der Waals surface area contributed by atoms with E-state index in [-0.39, 0.29) is 11.8 Å². The zero-order valence-corrected chi connectivity index (χ0v) is 10.1. The molecule has 0 saturated heterocycles. The van der Waals surface area contributed by atoms with E-state index < -0.39 is 0 Å². The molecule has 18 heavy (non-hydrogen) atoms. The summed E-state index contributed by atoms with van der Waals surface area (Å²) in [7, 11) is 0. The Bertz CT molecular complexity index is 506. The van der Waals surface area contributed by atoms with Gasteiger partial charge >= 0.3 is 0 Å². The van der Waals surface area contributed by atoms with Crippen molar-refractivity contribution in [1.29, 1.82) is 0 Å². The van der Waals surface area contributed by atoms with Gasteiger partial charge < -0.3 is 0 Å². The molecule has 0 unspecified atom stereocenters. The lowest BCUT2D eigenvalue weighted by molar-refractivity contribution is -0.138. The summed E-state index contributed by atoms with van der Waals surface area (Å²) in [6, 6.07) is 3.66. The van der Waals surface area contributed by atoms with Crippen LogP contribution in [-0.4, -0.2) is 21.7 Å². The Labute approximate surface area is 105 Å². The Hall–Kier alpha value is -1.97. The second-order valence-corrected chi connectivity index (χ2v) is 4.72. The van der Waals surface area contributed by atoms with E-state index in [2.05, 4.69) is 4.98 Å². The number of carbonyl (C=O) groups excluding carboxylic acids is 2. The van der Waals surface area contributed by atoms with Crippen molar-refractivity contribution in [3.8, 4) is 0 Å². The first kappa shape index (κ1) is 11.1. The van der Waals surface area contributed by atoms with Gasteiger partial charge in [0, 0.05) is 23.5 Å². The van der Waals surface area contributed by atoms with Gasteiger partial charge in [0.15, 0.2) is 0 Å². The van der Waals surface area contributed by atoms with E-state index in [0.29, 0.717) is 6.54 Å². The highest BCUT2D eigenvalue weighted by atomic mass is 16.2. The summed E-state index contributed by atoms with van der Waals surface area (Å²) >= 11 is 0. The highest BCUT2D eigenvalue weighted by Gasteiger charge is 2.38. The molecule has 0 spiro atoms. The second kappa shape index (κ2) is 4.37.